The van der Waals surface area contributed by atoms with E-state index in [-0.39, 0.29) is 12.3 Å². The highest BCUT2D eigenvalue weighted by Gasteiger charge is 2.18. The molecule has 0 fully saturated rings. The van der Waals surface area contributed by atoms with Crippen LogP contribution in [-0.2, 0) is 14.8 Å². The van der Waals surface area contributed by atoms with E-state index in [2.05, 4.69) is 0 Å². The fourth-order valence-corrected chi connectivity index (χ4v) is 2.04. The van der Waals surface area contributed by atoms with Gasteiger partial charge < -0.3 is 4.74 Å². The summed E-state index contributed by atoms with van der Waals surface area (Å²) in [5, 5.41) is 0. The quantitative estimate of drug-likeness (QED) is 0.721. The van der Waals surface area contributed by atoms with Crippen molar-refractivity contribution in [2.75, 3.05) is 12.9 Å². The second kappa shape index (κ2) is 4.06. The van der Waals surface area contributed by atoms with Gasteiger partial charge in [0.25, 0.3) is 0 Å². The van der Waals surface area contributed by atoms with Gasteiger partial charge in [-0.1, -0.05) is 0 Å². The molecule has 5 nitrogen and oxygen atoms in total. The monoisotopic (exact) mass is 231 g/mol. The van der Waals surface area contributed by atoms with Gasteiger partial charge in [-0.15, -0.1) is 0 Å². The minimum absolute atomic E-state index is 0.0388. The van der Waals surface area contributed by atoms with E-state index in [1.807, 2.05) is 0 Å². The zero-order valence-corrected chi connectivity index (χ0v) is 9.67. The predicted octanol–water partition coefficient (Wildman–Crippen LogP) is 0.781. The van der Waals surface area contributed by atoms with Crippen LogP contribution in [0.5, 0.6) is 0 Å². The van der Waals surface area contributed by atoms with E-state index >= 15 is 0 Å². The molecule has 1 aromatic heterocycles. The fourth-order valence-electron chi connectivity index (χ4n) is 1.20. The van der Waals surface area contributed by atoms with E-state index in [0.717, 1.165) is 10.2 Å². The number of rotatable bonds is 3. The fraction of sp³-hybridized carbons (Fsp3) is 0.444. The topological polar surface area (TPSA) is 65.4 Å². The molecule has 0 aliphatic heterocycles. The van der Waals surface area contributed by atoms with Crippen LogP contribution >= 0.6 is 0 Å². The van der Waals surface area contributed by atoms with E-state index < -0.39 is 16.0 Å². The second-order valence-corrected chi connectivity index (χ2v) is 5.04. The van der Waals surface area contributed by atoms with Crippen molar-refractivity contribution >= 4 is 16.0 Å². The van der Waals surface area contributed by atoms with E-state index in [0.29, 0.717) is 5.56 Å². The number of nitrogens with zero attached hydrogens (tertiary/aromatic N) is 1. The van der Waals surface area contributed by atoms with Gasteiger partial charge in [-0.2, -0.15) is 0 Å². The van der Waals surface area contributed by atoms with Crippen molar-refractivity contribution in [3.63, 3.8) is 0 Å². The van der Waals surface area contributed by atoms with Gasteiger partial charge >= 0.3 is 5.97 Å². The van der Waals surface area contributed by atoms with Gasteiger partial charge in [0.1, 0.15) is 5.69 Å². The van der Waals surface area contributed by atoms with Crippen LogP contribution in [0.4, 0.5) is 0 Å². The minimum Gasteiger partial charge on any atom is -0.461 e. The molecule has 0 amide bonds. The summed E-state index contributed by atoms with van der Waals surface area (Å²) in [6.45, 7) is 3.59. The molecule has 1 rings (SSSR count). The largest absolute Gasteiger partial charge is 0.461 e. The summed E-state index contributed by atoms with van der Waals surface area (Å²) in [6.07, 6.45) is 2.43. The Morgan fingerprint density at radius 2 is 2.13 bits per heavy atom. The number of carbonyl (C=O) groups excluding carboxylic acids is 1. The Balaban J connectivity index is 3.24. The van der Waals surface area contributed by atoms with Gasteiger partial charge in [0.05, 0.1) is 12.9 Å². The van der Waals surface area contributed by atoms with Crippen molar-refractivity contribution in [2.45, 2.75) is 13.8 Å². The molecule has 15 heavy (non-hydrogen) atoms. The van der Waals surface area contributed by atoms with Crippen molar-refractivity contribution < 1.29 is 17.9 Å². The van der Waals surface area contributed by atoms with Crippen LogP contribution in [0.2, 0.25) is 0 Å². The first-order valence-corrected chi connectivity index (χ1v) is 6.27. The van der Waals surface area contributed by atoms with Crippen LogP contribution in [0, 0.1) is 6.92 Å². The third kappa shape index (κ3) is 2.59. The van der Waals surface area contributed by atoms with Crippen molar-refractivity contribution in [3.05, 3.63) is 23.5 Å². The van der Waals surface area contributed by atoms with Crippen LogP contribution in [0.15, 0.2) is 12.3 Å². The Morgan fingerprint density at radius 3 is 2.60 bits per heavy atom. The lowest BCUT2D eigenvalue weighted by Crippen LogP contribution is -2.17. The Hall–Kier alpha value is -1.30. The summed E-state index contributed by atoms with van der Waals surface area (Å²) < 4.78 is 28.3. The standard InChI is InChI=1S/C9H13NO4S/c1-4-14-9(11)8-5-7(2)6-10(8)15(3,12)13/h5-6H,4H2,1-3H3. The number of ether oxygens (including phenoxy) is 1. The summed E-state index contributed by atoms with van der Waals surface area (Å²) in [4.78, 5) is 11.4. The minimum atomic E-state index is -3.46. The molecule has 0 aromatic carbocycles. The molecular weight excluding hydrogens is 218 g/mol. The molecule has 0 atom stereocenters. The lowest BCUT2D eigenvalue weighted by atomic mass is 10.3. The molecule has 0 bridgehead atoms. The zero-order valence-electron chi connectivity index (χ0n) is 8.85. The van der Waals surface area contributed by atoms with E-state index in [1.165, 1.54) is 12.3 Å². The molecule has 0 saturated carbocycles. The normalized spacial score (nSPS) is 11.4. The highest BCUT2D eigenvalue weighted by Crippen LogP contribution is 2.11. The summed E-state index contributed by atoms with van der Waals surface area (Å²) in [5.41, 5.74) is 0.736. The third-order valence-corrected chi connectivity index (χ3v) is 2.78. The smallest absolute Gasteiger partial charge is 0.355 e. The summed E-state index contributed by atoms with van der Waals surface area (Å²) in [6, 6.07) is 1.49. The van der Waals surface area contributed by atoms with Gasteiger partial charge in [0, 0.05) is 6.20 Å². The van der Waals surface area contributed by atoms with E-state index in [9.17, 15) is 13.2 Å². The number of aryl methyl sites for hydroxylation is 1. The maximum Gasteiger partial charge on any atom is 0.355 e. The summed E-state index contributed by atoms with van der Waals surface area (Å²) in [5.74, 6) is -0.629. The highest BCUT2D eigenvalue weighted by atomic mass is 32.2. The molecule has 0 aliphatic rings. The molecule has 0 spiro atoms. The van der Waals surface area contributed by atoms with Gasteiger partial charge in [-0.3, -0.25) is 0 Å². The second-order valence-electron chi connectivity index (χ2n) is 3.18. The molecule has 6 heteroatoms. The first kappa shape index (κ1) is 11.8. The maximum atomic E-state index is 11.4. The van der Waals surface area contributed by atoms with Gasteiger partial charge in [0.2, 0.25) is 10.0 Å². The zero-order chi connectivity index (χ0) is 11.6. The Labute approximate surface area is 88.7 Å². The number of hydrogen-bond acceptors (Lipinski definition) is 4. The van der Waals surface area contributed by atoms with Gasteiger partial charge in [-0.05, 0) is 25.5 Å². The first-order valence-electron chi connectivity index (χ1n) is 4.43. The predicted molar refractivity (Wildman–Crippen MR) is 55.4 cm³/mol. The molecule has 0 N–H and O–H groups in total. The number of esters is 1. The average Bonchev–Trinajstić information content (AvgIpc) is 2.47. The third-order valence-electron chi connectivity index (χ3n) is 1.76. The number of hydrogen-bond donors (Lipinski definition) is 0. The van der Waals surface area contributed by atoms with Gasteiger partial charge in [-0.25, -0.2) is 17.2 Å². The van der Waals surface area contributed by atoms with Crippen LogP contribution in [-0.4, -0.2) is 31.2 Å². The van der Waals surface area contributed by atoms with Crippen molar-refractivity contribution in [1.29, 1.82) is 0 Å². The van der Waals surface area contributed by atoms with Crippen LogP contribution < -0.4 is 0 Å². The maximum absolute atomic E-state index is 11.4. The molecule has 0 unspecified atom stereocenters. The van der Waals surface area contributed by atoms with Crippen molar-refractivity contribution in [2.24, 2.45) is 0 Å². The molecule has 0 aliphatic carbocycles. The Kier molecular flexibility index (Phi) is 3.18. The molecule has 0 radical (unpaired) electrons. The Bertz CT molecular complexity index is 472. The van der Waals surface area contributed by atoms with E-state index in [1.54, 1.807) is 13.8 Å². The van der Waals surface area contributed by atoms with Crippen LogP contribution in [0.3, 0.4) is 0 Å². The molecule has 1 heterocycles. The SMILES string of the molecule is CCOC(=O)c1cc(C)cn1S(C)(=O)=O. The summed E-state index contributed by atoms with van der Waals surface area (Å²) >= 11 is 0. The number of carbonyl (C=O) groups is 1. The highest BCUT2D eigenvalue weighted by molar-refractivity contribution is 7.89. The first-order chi connectivity index (χ1) is 6.86. The molecular formula is C9H13NO4S. The van der Waals surface area contributed by atoms with Crippen LogP contribution in [0.1, 0.15) is 23.0 Å². The average molecular weight is 231 g/mol. The number of aromatic nitrogens is 1. The molecule has 1 aromatic rings. The molecule has 0 saturated heterocycles. The van der Waals surface area contributed by atoms with Gasteiger partial charge in [0.15, 0.2) is 0 Å². The van der Waals surface area contributed by atoms with Crippen molar-refractivity contribution in [1.82, 2.24) is 3.97 Å². The van der Waals surface area contributed by atoms with Crippen LogP contribution in [0.25, 0.3) is 0 Å². The summed E-state index contributed by atoms with van der Waals surface area (Å²) in [7, 11) is -3.46. The molecule has 84 valence electrons. The lowest BCUT2D eigenvalue weighted by molar-refractivity contribution is 0.0518. The van der Waals surface area contributed by atoms with E-state index in [4.69, 9.17) is 4.74 Å². The van der Waals surface area contributed by atoms with Crippen molar-refractivity contribution in [3.8, 4) is 0 Å². The Morgan fingerprint density at radius 1 is 1.53 bits per heavy atom. The lowest BCUT2D eigenvalue weighted by Gasteiger charge is -2.05.